The molecule has 0 saturated carbocycles. The Morgan fingerprint density at radius 3 is 3.00 bits per heavy atom. The minimum absolute atomic E-state index is 0.0780. The molecule has 0 unspecified atom stereocenters. The Morgan fingerprint density at radius 2 is 2.25 bits per heavy atom. The topological polar surface area (TPSA) is 80.9 Å². The van der Waals surface area contributed by atoms with Gasteiger partial charge in [0, 0.05) is 17.6 Å². The molecular weight excluding hydrogens is 335 g/mol. The van der Waals surface area contributed by atoms with Gasteiger partial charge in [0.1, 0.15) is 12.4 Å². The normalized spacial score (nSPS) is 13.6. The van der Waals surface area contributed by atoms with E-state index in [-0.39, 0.29) is 23.4 Å². The SMILES string of the molecule is C[C@@](O)(C(=O)OCc1cc(=O)n2ccsc2n1)c1cccc(F)c1. The van der Waals surface area contributed by atoms with Crippen molar-refractivity contribution in [3.63, 3.8) is 0 Å². The Kier molecular flexibility index (Phi) is 4.16. The zero-order chi connectivity index (χ0) is 17.3. The van der Waals surface area contributed by atoms with Crippen LogP contribution < -0.4 is 5.56 Å². The fourth-order valence-electron chi connectivity index (χ4n) is 2.15. The minimum atomic E-state index is -2.01. The van der Waals surface area contributed by atoms with Crippen molar-refractivity contribution < 1.29 is 19.0 Å². The van der Waals surface area contributed by atoms with Crippen molar-refractivity contribution in [3.05, 3.63) is 69.3 Å². The van der Waals surface area contributed by atoms with Crippen LogP contribution in [0.2, 0.25) is 0 Å². The molecule has 24 heavy (non-hydrogen) atoms. The molecule has 0 saturated heterocycles. The van der Waals surface area contributed by atoms with E-state index in [0.29, 0.717) is 4.96 Å². The van der Waals surface area contributed by atoms with Crippen LogP contribution in [0.3, 0.4) is 0 Å². The first-order chi connectivity index (χ1) is 11.4. The molecule has 1 aromatic carbocycles. The van der Waals surface area contributed by atoms with Gasteiger partial charge >= 0.3 is 5.97 Å². The molecule has 0 amide bonds. The molecule has 0 fully saturated rings. The average Bonchev–Trinajstić information content (AvgIpc) is 3.01. The van der Waals surface area contributed by atoms with Gasteiger partial charge in [-0.25, -0.2) is 14.2 Å². The van der Waals surface area contributed by atoms with Crippen LogP contribution in [0.4, 0.5) is 4.39 Å². The summed E-state index contributed by atoms with van der Waals surface area (Å²) in [4.78, 5) is 28.7. The van der Waals surface area contributed by atoms with Crippen LogP contribution >= 0.6 is 11.3 Å². The van der Waals surface area contributed by atoms with Gasteiger partial charge in [-0.3, -0.25) is 9.20 Å². The van der Waals surface area contributed by atoms with Crippen LogP contribution in [-0.2, 0) is 21.7 Å². The predicted octanol–water partition coefficient (Wildman–Crippen LogP) is 1.85. The summed E-state index contributed by atoms with van der Waals surface area (Å²) in [6.07, 6.45) is 1.60. The second kappa shape index (κ2) is 6.14. The van der Waals surface area contributed by atoms with Gasteiger partial charge in [-0.1, -0.05) is 12.1 Å². The standard InChI is InChI=1S/C16H13FN2O4S/c1-16(22,10-3-2-4-11(17)7-10)14(21)23-9-12-8-13(20)19-5-6-24-15(19)18-12/h2-8,22H,9H2,1H3/t16-/m0/s1. The fourth-order valence-corrected chi connectivity index (χ4v) is 2.89. The number of halogens is 1. The van der Waals surface area contributed by atoms with Gasteiger partial charge < -0.3 is 9.84 Å². The number of aliphatic hydroxyl groups is 1. The summed E-state index contributed by atoms with van der Waals surface area (Å²) in [5.74, 6) is -1.53. The number of carbonyl (C=O) groups excluding carboxylic acids is 1. The second-order valence-electron chi connectivity index (χ2n) is 5.30. The first-order valence-corrected chi connectivity index (χ1v) is 7.87. The maximum absolute atomic E-state index is 13.3. The lowest BCUT2D eigenvalue weighted by molar-refractivity contribution is -0.166. The van der Waals surface area contributed by atoms with Crippen molar-refractivity contribution >= 4 is 22.3 Å². The zero-order valence-corrected chi connectivity index (χ0v) is 13.4. The Bertz CT molecular complexity index is 964. The van der Waals surface area contributed by atoms with Gasteiger partial charge in [0.25, 0.3) is 5.56 Å². The van der Waals surface area contributed by atoms with Crippen molar-refractivity contribution in [1.82, 2.24) is 9.38 Å². The highest BCUT2D eigenvalue weighted by Gasteiger charge is 2.34. The van der Waals surface area contributed by atoms with Crippen LogP contribution in [0.5, 0.6) is 0 Å². The molecule has 0 aliphatic heterocycles. The van der Waals surface area contributed by atoms with Crippen molar-refractivity contribution in [1.29, 1.82) is 0 Å². The number of hydrogen-bond donors (Lipinski definition) is 1. The summed E-state index contributed by atoms with van der Waals surface area (Å²) >= 11 is 1.27. The monoisotopic (exact) mass is 348 g/mol. The number of aromatic nitrogens is 2. The molecule has 0 bridgehead atoms. The van der Waals surface area contributed by atoms with E-state index in [0.717, 1.165) is 6.07 Å². The van der Waals surface area contributed by atoms with Crippen molar-refractivity contribution in [2.45, 2.75) is 19.1 Å². The maximum Gasteiger partial charge on any atom is 0.342 e. The molecule has 3 rings (SSSR count). The molecule has 0 radical (unpaired) electrons. The first-order valence-electron chi connectivity index (χ1n) is 6.99. The third-order valence-electron chi connectivity index (χ3n) is 3.49. The highest BCUT2D eigenvalue weighted by Crippen LogP contribution is 2.23. The quantitative estimate of drug-likeness (QED) is 0.728. The van der Waals surface area contributed by atoms with Crippen molar-refractivity contribution in [2.75, 3.05) is 0 Å². The van der Waals surface area contributed by atoms with Crippen LogP contribution in [0.1, 0.15) is 18.2 Å². The molecule has 0 spiro atoms. The Balaban J connectivity index is 1.77. The summed E-state index contributed by atoms with van der Waals surface area (Å²) in [5.41, 5.74) is -1.95. The van der Waals surface area contributed by atoms with Crippen molar-refractivity contribution in [3.8, 4) is 0 Å². The van der Waals surface area contributed by atoms with Crippen LogP contribution in [0.15, 0.2) is 46.7 Å². The fraction of sp³-hybridized carbons (Fsp3) is 0.188. The second-order valence-corrected chi connectivity index (χ2v) is 6.17. The van der Waals surface area contributed by atoms with Gasteiger partial charge in [-0.05, 0) is 24.6 Å². The summed E-state index contributed by atoms with van der Waals surface area (Å²) in [6.45, 7) is 0.947. The predicted molar refractivity (Wildman–Crippen MR) is 85.1 cm³/mol. The lowest BCUT2D eigenvalue weighted by Gasteiger charge is -2.21. The Morgan fingerprint density at radius 1 is 1.46 bits per heavy atom. The maximum atomic E-state index is 13.3. The van der Waals surface area contributed by atoms with Gasteiger partial charge in [0.05, 0.1) is 5.69 Å². The number of fused-ring (bicyclic) bond motifs is 1. The first kappa shape index (κ1) is 16.3. The van der Waals surface area contributed by atoms with E-state index in [9.17, 15) is 19.1 Å². The van der Waals surface area contributed by atoms with Gasteiger partial charge in [-0.2, -0.15) is 0 Å². The smallest absolute Gasteiger partial charge is 0.342 e. The third-order valence-corrected chi connectivity index (χ3v) is 4.25. The number of rotatable bonds is 4. The van der Waals surface area contributed by atoms with E-state index in [4.69, 9.17) is 4.74 Å². The number of esters is 1. The molecule has 1 N–H and O–H groups in total. The molecule has 124 valence electrons. The summed E-state index contributed by atoms with van der Waals surface area (Å²) in [7, 11) is 0. The van der Waals surface area contributed by atoms with Crippen LogP contribution in [0, 0.1) is 5.82 Å². The summed E-state index contributed by atoms with van der Waals surface area (Å²) in [5, 5.41) is 12.0. The molecule has 2 heterocycles. The number of nitrogens with zero attached hydrogens (tertiary/aromatic N) is 2. The van der Waals surface area contributed by atoms with Crippen LogP contribution in [-0.4, -0.2) is 20.5 Å². The van der Waals surface area contributed by atoms with E-state index in [1.165, 1.54) is 46.9 Å². The zero-order valence-electron chi connectivity index (χ0n) is 12.6. The number of thiazole rings is 1. The minimum Gasteiger partial charge on any atom is -0.457 e. The highest BCUT2D eigenvalue weighted by molar-refractivity contribution is 7.15. The van der Waals surface area contributed by atoms with E-state index >= 15 is 0 Å². The van der Waals surface area contributed by atoms with Crippen LogP contribution in [0.25, 0.3) is 4.96 Å². The van der Waals surface area contributed by atoms with Gasteiger partial charge in [0.2, 0.25) is 0 Å². The lowest BCUT2D eigenvalue weighted by atomic mass is 9.96. The van der Waals surface area contributed by atoms with Crippen molar-refractivity contribution in [2.24, 2.45) is 0 Å². The Labute approximate surface area is 139 Å². The molecule has 8 heteroatoms. The molecule has 1 atom stereocenters. The molecule has 3 aromatic rings. The summed E-state index contributed by atoms with van der Waals surface area (Å²) < 4.78 is 19.7. The molecular formula is C16H13FN2O4S. The number of carbonyl (C=O) groups is 1. The largest absolute Gasteiger partial charge is 0.457 e. The Hall–Kier alpha value is -2.58. The molecule has 0 aliphatic rings. The molecule has 6 nitrogen and oxygen atoms in total. The molecule has 0 aliphatic carbocycles. The lowest BCUT2D eigenvalue weighted by Crippen LogP contribution is -2.34. The average molecular weight is 348 g/mol. The number of ether oxygens (including phenoxy) is 1. The van der Waals surface area contributed by atoms with E-state index in [2.05, 4.69) is 4.98 Å². The number of hydrogen-bond acceptors (Lipinski definition) is 6. The number of benzene rings is 1. The van der Waals surface area contributed by atoms with E-state index < -0.39 is 17.4 Å². The van der Waals surface area contributed by atoms with E-state index in [1.54, 1.807) is 11.6 Å². The van der Waals surface area contributed by atoms with Gasteiger partial charge in [0.15, 0.2) is 10.6 Å². The van der Waals surface area contributed by atoms with Gasteiger partial charge in [-0.15, -0.1) is 11.3 Å². The third kappa shape index (κ3) is 3.06. The van der Waals surface area contributed by atoms with E-state index in [1.807, 2.05) is 0 Å². The highest BCUT2D eigenvalue weighted by atomic mass is 32.1. The summed E-state index contributed by atoms with van der Waals surface area (Å²) in [6, 6.07) is 6.33. The molecule has 2 aromatic heterocycles.